The summed E-state index contributed by atoms with van der Waals surface area (Å²) in [5.41, 5.74) is 5.66. The van der Waals surface area contributed by atoms with Crippen LogP contribution in [0.5, 0.6) is 0 Å². The van der Waals surface area contributed by atoms with Crippen molar-refractivity contribution in [3.63, 3.8) is 0 Å². The molecular weight excluding hydrogens is 193 g/mol. The number of hydrogen-bond acceptors (Lipinski definition) is 3. The van der Waals surface area contributed by atoms with Crippen LogP contribution >= 0.6 is 0 Å². The summed E-state index contributed by atoms with van der Waals surface area (Å²) in [5, 5.41) is 0. The lowest BCUT2D eigenvalue weighted by Gasteiger charge is -2.28. The molecule has 0 saturated carbocycles. The van der Waals surface area contributed by atoms with Gasteiger partial charge in [0.25, 0.3) is 0 Å². The van der Waals surface area contributed by atoms with Crippen LogP contribution in [0.15, 0.2) is 0 Å². The third kappa shape index (κ3) is 3.23. The molecule has 1 aliphatic heterocycles. The van der Waals surface area contributed by atoms with E-state index in [1.165, 1.54) is 6.92 Å². The van der Waals surface area contributed by atoms with Gasteiger partial charge in [0.2, 0.25) is 0 Å². The van der Waals surface area contributed by atoms with Gasteiger partial charge in [-0.1, -0.05) is 0 Å². The van der Waals surface area contributed by atoms with Gasteiger partial charge in [0.15, 0.2) is 9.84 Å². The van der Waals surface area contributed by atoms with E-state index < -0.39 is 16.0 Å². The Morgan fingerprint density at radius 1 is 1.62 bits per heavy atom. The van der Waals surface area contributed by atoms with Crippen LogP contribution in [0, 0.1) is 5.92 Å². The Bertz CT molecular complexity index is 263. The maximum Gasteiger partial charge on any atom is 0.151 e. The fraction of sp³-hybridized carbons (Fsp3) is 1.00. The van der Waals surface area contributed by atoms with Crippen molar-refractivity contribution in [2.45, 2.75) is 32.0 Å². The van der Waals surface area contributed by atoms with Gasteiger partial charge < -0.3 is 5.73 Å². The Balaban J connectivity index is 2.54. The summed E-state index contributed by atoms with van der Waals surface area (Å²) >= 11 is 0. The molecule has 5 heteroatoms. The molecule has 0 aromatic rings. The Morgan fingerprint density at radius 2 is 2.23 bits per heavy atom. The fourth-order valence-electron chi connectivity index (χ4n) is 1.77. The van der Waals surface area contributed by atoms with Crippen molar-refractivity contribution in [3.8, 4) is 0 Å². The zero-order valence-corrected chi connectivity index (χ0v) is 8.56. The second kappa shape index (κ2) is 3.92. The van der Waals surface area contributed by atoms with Crippen molar-refractivity contribution >= 4 is 9.84 Å². The standard InChI is InChI=1S/C8H16FNO2S/c1-6(9)4-7-2-3-13(11,12)5-8(7)10/h6-8H,2-5,10H2,1H3. The molecule has 3 nitrogen and oxygen atoms in total. The number of alkyl halides is 1. The van der Waals surface area contributed by atoms with Gasteiger partial charge in [-0.25, -0.2) is 12.8 Å². The molecule has 3 atom stereocenters. The summed E-state index contributed by atoms with van der Waals surface area (Å²) in [6.45, 7) is 1.48. The van der Waals surface area contributed by atoms with Crippen LogP contribution in [0.25, 0.3) is 0 Å². The lowest BCUT2D eigenvalue weighted by molar-refractivity contribution is 0.261. The number of sulfone groups is 1. The van der Waals surface area contributed by atoms with Crippen LogP contribution in [0.2, 0.25) is 0 Å². The minimum Gasteiger partial charge on any atom is -0.327 e. The zero-order chi connectivity index (χ0) is 10.1. The summed E-state index contributed by atoms with van der Waals surface area (Å²) in [6, 6.07) is -0.378. The van der Waals surface area contributed by atoms with E-state index >= 15 is 0 Å². The molecular formula is C8H16FNO2S. The molecule has 0 aromatic heterocycles. The first-order chi connectivity index (χ1) is 5.91. The van der Waals surface area contributed by atoms with E-state index in [0.717, 1.165) is 0 Å². The molecule has 1 aliphatic rings. The van der Waals surface area contributed by atoms with E-state index in [9.17, 15) is 12.8 Å². The maximum atomic E-state index is 12.6. The molecule has 78 valence electrons. The highest BCUT2D eigenvalue weighted by molar-refractivity contribution is 7.91. The molecule has 0 amide bonds. The maximum absolute atomic E-state index is 12.6. The Labute approximate surface area is 78.4 Å². The predicted octanol–water partition coefficient (Wildman–Crippen LogP) is 0.497. The topological polar surface area (TPSA) is 60.2 Å². The zero-order valence-electron chi connectivity index (χ0n) is 7.74. The molecule has 13 heavy (non-hydrogen) atoms. The molecule has 0 radical (unpaired) electrons. The van der Waals surface area contributed by atoms with Crippen molar-refractivity contribution in [2.24, 2.45) is 11.7 Å². The van der Waals surface area contributed by atoms with Crippen molar-refractivity contribution in [2.75, 3.05) is 11.5 Å². The van der Waals surface area contributed by atoms with Gasteiger partial charge in [-0.05, 0) is 25.7 Å². The highest BCUT2D eigenvalue weighted by Crippen LogP contribution is 2.23. The molecule has 0 aromatic carbocycles. The SMILES string of the molecule is CC(F)CC1CCS(=O)(=O)CC1N. The average Bonchev–Trinajstić information content (AvgIpc) is 1.93. The summed E-state index contributed by atoms with van der Waals surface area (Å²) in [6.07, 6.45) is 0.00547. The van der Waals surface area contributed by atoms with E-state index in [-0.39, 0.29) is 23.5 Å². The number of rotatable bonds is 2. The normalized spacial score (nSPS) is 35.6. The molecule has 1 rings (SSSR count). The van der Waals surface area contributed by atoms with Crippen LogP contribution < -0.4 is 5.73 Å². The second-order valence-corrected chi connectivity index (χ2v) is 6.07. The van der Waals surface area contributed by atoms with Gasteiger partial charge in [0.05, 0.1) is 17.7 Å². The summed E-state index contributed by atoms with van der Waals surface area (Å²) in [7, 11) is -2.95. The number of halogens is 1. The van der Waals surface area contributed by atoms with Gasteiger partial charge in [-0.2, -0.15) is 0 Å². The lowest BCUT2D eigenvalue weighted by Crippen LogP contribution is -2.43. The van der Waals surface area contributed by atoms with Gasteiger partial charge >= 0.3 is 0 Å². The van der Waals surface area contributed by atoms with Gasteiger partial charge in [-0.15, -0.1) is 0 Å². The number of nitrogens with two attached hydrogens (primary N) is 1. The van der Waals surface area contributed by atoms with E-state index in [1.807, 2.05) is 0 Å². The van der Waals surface area contributed by atoms with Crippen molar-refractivity contribution < 1.29 is 12.8 Å². The molecule has 1 fully saturated rings. The molecule has 3 unspecified atom stereocenters. The Morgan fingerprint density at radius 3 is 2.69 bits per heavy atom. The smallest absolute Gasteiger partial charge is 0.151 e. The minimum absolute atomic E-state index is 0.0182. The highest BCUT2D eigenvalue weighted by Gasteiger charge is 2.31. The quantitative estimate of drug-likeness (QED) is 0.720. The van der Waals surface area contributed by atoms with Crippen molar-refractivity contribution in [1.29, 1.82) is 0 Å². The van der Waals surface area contributed by atoms with Crippen LogP contribution in [0.4, 0.5) is 4.39 Å². The van der Waals surface area contributed by atoms with Crippen LogP contribution in [0.3, 0.4) is 0 Å². The van der Waals surface area contributed by atoms with E-state index in [1.54, 1.807) is 0 Å². The average molecular weight is 209 g/mol. The Kier molecular flexibility index (Phi) is 3.29. The molecule has 0 spiro atoms. The van der Waals surface area contributed by atoms with Crippen LogP contribution in [-0.4, -0.2) is 32.1 Å². The first-order valence-electron chi connectivity index (χ1n) is 4.51. The third-order valence-corrected chi connectivity index (χ3v) is 4.23. The monoisotopic (exact) mass is 209 g/mol. The van der Waals surface area contributed by atoms with Crippen molar-refractivity contribution in [3.05, 3.63) is 0 Å². The second-order valence-electron chi connectivity index (χ2n) is 3.84. The van der Waals surface area contributed by atoms with E-state index in [4.69, 9.17) is 5.73 Å². The highest BCUT2D eigenvalue weighted by atomic mass is 32.2. The van der Waals surface area contributed by atoms with Gasteiger partial charge in [0, 0.05) is 6.04 Å². The lowest BCUT2D eigenvalue weighted by atomic mass is 9.93. The largest absolute Gasteiger partial charge is 0.327 e. The summed E-state index contributed by atoms with van der Waals surface area (Å²) < 4.78 is 34.9. The van der Waals surface area contributed by atoms with Gasteiger partial charge in [-0.3, -0.25) is 0 Å². The molecule has 0 bridgehead atoms. The first-order valence-corrected chi connectivity index (χ1v) is 6.33. The minimum atomic E-state index is -2.95. The van der Waals surface area contributed by atoms with Crippen LogP contribution in [-0.2, 0) is 9.84 Å². The molecule has 0 aliphatic carbocycles. The molecule has 2 N–H and O–H groups in total. The van der Waals surface area contributed by atoms with Crippen LogP contribution in [0.1, 0.15) is 19.8 Å². The Hall–Kier alpha value is -0.160. The van der Waals surface area contributed by atoms with E-state index in [0.29, 0.717) is 12.8 Å². The van der Waals surface area contributed by atoms with Crippen molar-refractivity contribution in [1.82, 2.24) is 0 Å². The summed E-state index contributed by atoms with van der Waals surface area (Å²) in [4.78, 5) is 0. The molecule has 1 heterocycles. The predicted molar refractivity (Wildman–Crippen MR) is 49.9 cm³/mol. The molecule has 1 saturated heterocycles. The van der Waals surface area contributed by atoms with E-state index in [2.05, 4.69) is 0 Å². The van der Waals surface area contributed by atoms with Gasteiger partial charge in [0.1, 0.15) is 0 Å². The third-order valence-electron chi connectivity index (χ3n) is 2.48. The number of hydrogen-bond donors (Lipinski definition) is 1. The fourth-order valence-corrected chi connectivity index (χ4v) is 3.45. The first kappa shape index (κ1) is 10.9. The summed E-state index contributed by atoms with van der Waals surface area (Å²) in [5.74, 6) is 0.214.